The van der Waals surface area contributed by atoms with E-state index in [4.69, 9.17) is 14.5 Å². The topological polar surface area (TPSA) is 94.3 Å². The Morgan fingerprint density at radius 3 is 2.08 bits per heavy atom. The van der Waals surface area contributed by atoms with E-state index in [-0.39, 0.29) is 11.6 Å². The quantitative estimate of drug-likeness (QED) is 0.307. The molecule has 3 heterocycles. The fourth-order valence-electron chi connectivity index (χ4n) is 6.66. The number of benzene rings is 3. The van der Waals surface area contributed by atoms with E-state index in [9.17, 15) is 14.9 Å². The Bertz CT molecular complexity index is 1450. The summed E-state index contributed by atoms with van der Waals surface area (Å²) in [7, 11) is 0. The van der Waals surface area contributed by atoms with Gasteiger partial charge in [-0.3, -0.25) is 14.9 Å². The highest BCUT2D eigenvalue weighted by atomic mass is 16.7. The summed E-state index contributed by atoms with van der Waals surface area (Å²) in [5.74, 6) is -2.48. The van der Waals surface area contributed by atoms with Crippen molar-refractivity contribution in [1.29, 1.82) is 0 Å². The number of nitro groups is 1. The highest BCUT2D eigenvalue weighted by Gasteiger charge is 2.80. The normalized spacial score (nSPS) is 29.4. The molecule has 1 spiro atoms. The molecular formula is C31H31N3O5. The maximum Gasteiger partial charge on any atom is 0.269 e. The van der Waals surface area contributed by atoms with Crippen molar-refractivity contribution in [3.63, 3.8) is 0 Å². The van der Waals surface area contributed by atoms with Gasteiger partial charge in [-0.15, -0.1) is 0 Å². The second-order valence-corrected chi connectivity index (χ2v) is 11.3. The number of carbonyl (C=O) groups excluding carboxylic acids is 1. The first kappa shape index (κ1) is 25.4. The largest absolute Gasteiger partial charge is 0.344 e. The zero-order valence-corrected chi connectivity index (χ0v) is 22.4. The standard InChI is InChI=1S/C31H31N3O5/c1-5-38-31-24(20-12-8-6-9-13-20)25-28(35)33(29(2,3)4)27(22-14-10-7-11-15-22)30(25,39-31)32-26(31)21-16-18-23(19-17-21)34(36)37/h6-19,24-25,27H,5H2,1-4H3/t24-,25+,27-,30+,31+/m1/s1. The lowest BCUT2D eigenvalue weighted by Gasteiger charge is -2.41. The molecule has 0 N–H and O–H groups in total. The molecule has 3 aromatic rings. The molecule has 0 radical (unpaired) electrons. The summed E-state index contributed by atoms with van der Waals surface area (Å²) in [5, 5.41) is 11.4. The predicted octanol–water partition coefficient (Wildman–Crippen LogP) is 5.64. The van der Waals surface area contributed by atoms with Crippen molar-refractivity contribution in [2.75, 3.05) is 6.61 Å². The van der Waals surface area contributed by atoms with E-state index in [1.807, 2.05) is 93.3 Å². The minimum atomic E-state index is -1.34. The van der Waals surface area contributed by atoms with Crippen molar-refractivity contribution in [3.8, 4) is 0 Å². The molecule has 3 aromatic carbocycles. The summed E-state index contributed by atoms with van der Waals surface area (Å²) in [6, 6.07) is 25.5. The molecule has 2 saturated heterocycles. The van der Waals surface area contributed by atoms with Crippen LogP contribution in [0.3, 0.4) is 0 Å². The number of hydrogen-bond acceptors (Lipinski definition) is 6. The Kier molecular flexibility index (Phi) is 5.75. The number of aliphatic imine (C=N–C) groups is 1. The summed E-state index contributed by atoms with van der Waals surface area (Å²) >= 11 is 0. The van der Waals surface area contributed by atoms with Crippen molar-refractivity contribution in [1.82, 2.24) is 4.90 Å². The monoisotopic (exact) mass is 525 g/mol. The maximum absolute atomic E-state index is 14.5. The van der Waals surface area contributed by atoms with Gasteiger partial charge < -0.3 is 14.4 Å². The van der Waals surface area contributed by atoms with Gasteiger partial charge in [0.2, 0.25) is 11.7 Å². The van der Waals surface area contributed by atoms with Gasteiger partial charge in [-0.1, -0.05) is 60.7 Å². The number of nitro benzene ring substituents is 1. The molecule has 0 aromatic heterocycles. The zero-order valence-electron chi connectivity index (χ0n) is 22.4. The summed E-state index contributed by atoms with van der Waals surface area (Å²) in [6.07, 6.45) is 0. The van der Waals surface area contributed by atoms with E-state index >= 15 is 0 Å². The molecule has 2 bridgehead atoms. The molecule has 0 saturated carbocycles. The van der Waals surface area contributed by atoms with Crippen LogP contribution in [0.2, 0.25) is 0 Å². The van der Waals surface area contributed by atoms with Crippen molar-refractivity contribution in [3.05, 3.63) is 112 Å². The van der Waals surface area contributed by atoms with E-state index in [2.05, 4.69) is 0 Å². The van der Waals surface area contributed by atoms with Crippen molar-refractivity contribution in [2.24, 2.45) is 10.9 Å². The lowest BCUT2D eigenvalue weighted by molar-refractivity contribution is -0.384. The maximum atomic E-state index is 14.5. The number of non-ortho nitro benzene ring substituents is 1. The molecule has 0 unspecified atom stereocenters. The van der Waals surface area contributed by atoms with Gasteiger partial charge in [0.1, 0.15) is 17.7 Å². The average molecular weight is 526 g/mol. The molecule has 8 nitrogen and oxygen atoms in total. The van der Waals surface area contributed by atoms with Crippen LogP contribution in [0.5, 0.6) is 0 Å². The third-order valence-corrected chi connectivity index (χ3v) is 7.98. The van der Waals surface area contributed by atoms with Crippen molar-refractivity contribution >= 4 is 17.3 Å². The minimum Gasteiger partial charge on any atom is -0.344 e. The van der Waals surface area contributed by atoms with E-state index in [0.29, 0.717) is 17.9 Å². The first-order chi connectivity index (χ1) is 18.6. The predicted molar refractivity (Wildman–Crippen MR) is 146 cm³/mol. The molecule has 5 atom stereocenters. The van der Waals surface area contributed by atoms with Crippen LogP contribution >= 0.6 is 0 Å². The van der Waals surface area contributed by atoms with Crippen LogP contribution in [-0.4, -0.2) is 45.1 Å². The van der Waals surface area contributed by atoms with Gasteiger partial charge in [0.05, 0.1) is 10.8 Å². The highest BCUT2D eigenvalue weighted by molar-refractivity contribution is 6.10. The van der Waals surface area contributed by atoms with Crippen LogP contribution in [-0.2, 0) is 14.3 Å². The first-order valence-corrected chi connectivity index (χ1v) is 13.3. The Morgan fingerprint density at radius 2 is 1.54 bits per heavy atom. The van der Waals surface area contributed by atoms with Crippen LogP contribution in [0.1, 0.15) is 56.3 Å². The SMILES string of the molecule is CCO[C@@]12O[C@@]3(N=C1c1ccc([N+](=O)[O-])cc1)[C@H](C(=O)N(C(C)(C)C)[C@@H]3c1ccccc1)[C@H]2c1ccccc1. The first-order valence-electron chi connectivity index (χ1n) is 13.3. The smallest absolute Gasteiger partial charge is 0.269 e. The number of rotatable bonds is 6. The fourth-order valence-corrected chi connectivity index (χ4v) is 6.66. The van der Waals surface area contributed by atoms with E-state index in [1.54, 1.807) is 12.1 Å². The number of fused-ring (bicyclic) bond motifs is 1. The van der Waals surface area contributed by atoms with Gasteiger partial charge in [0.25, 0.3) is 5.69 Å². The highest BCUT2D eigenvalue weighted by Crippen LogP contribution is 2.68. The molecule has 39 heavy (non-hydrogen) atoms. The van der Waals surface area contributed by atoms with Crippen LogP contribution < -0.4 is 0 Å². The second-order valence-electron chi connectivity index (χ2n) is 11.3. The number of ether oxygens (including phenoxy) is 2. The summed E-state index contributed by atoms with van der Waals surface area (Å²) in [5.41, 5.74) is 1.29. The molecule has 2 fully saturated rings. The minimum absolute atomic E-state index is 0.0124. The molecular weight excluding hydrogens is 494 g/mol. The number of amides is 1. The lowest BCUT2D eigenvalue weighted by Crippen LogP contribution is -2.50. The van der Waals surface area contributed by atoms with Gasteiger partial charge in [-0.05, 0) is 51.0 Å². The van der Waals surface area contributed by atoms with Crippen LogP contribution in [0.25, 0.3) is 0 Å². The van der Waals surface area contributed by atoms with E-state index in [0.717, 1.165) is 11.1 Å². The zero-order chi connectivity index (χ0) is 27.6. The fraction of sp³-hybridized carbons (Fsp3) is 0.355. The summed E-state index contributed by atoms with van der Waals surface area (Å²) in [6.45, 7) is 8.31. The van der Waals surface area contributed by atoms with Gasteiger partial charge in [0.15, 0.2) is 5.72 Å². The number of carbonyl (C=O) groups is 1. The van der Waals surface area contributed by atoms with Crippen LogP contribution in [0, 0.1) is 16.0 Å². The number of nitrogens with zero attached hydrogens (tertiary/aromatic N) is 3. The van der Waals surface area contributed by atoms with Gasteiger partial charge in [-0.25, -0.2) is 4.99 Å². The number of hydrogen-bond donors (Lipinski definition) is 0. The van der Waals surface area contributed by atoms with Gasteiger partial charge in [-0.2, -0.15) is 0 Å². The average Bonchev–Trinajstić information content (AvgIpc) is 3.50. The molecule has 1 amide bonds. The van der Waals surface area contributed by atoms with Crippen LogP contribution in [0.4, 0.5) is 5.69 Å². The third kappa shape index (κ3) is 3.58. The Balaban J connectivity index is 1.64. The van der Waals surface area contributed by atoms with E-state index < -0.39 is 39.9 Å². The van der Waals surface area contributed by atoms with Gasteiger partial charge >= 0.3 is 0 Å². The molecule has 6 rings (SSSR count). The second kappa shape index (κ2) is 8.83. The molecule has 3 aliphatic rings. The summed E-state index contributed by atoms with van der Waals surface area (Å²) < 4.78 is 13.6. The van der Waals surface area contributed by atoms with Crippen molar-refractivity contribution in [2.45, 2.75) is 56.7 Å². The Morgan fingerprint density at radius 1 is 0.949 bits per heavy atom. The van der Waals surface area contributed by atoms with Crippen LogP contribution in [0.15, 0.2) is 89.9 Å². The summed E-state index contributed by atoms with van der Waals surface area (Å²) in [4.78, 5) is 32.7. The molecule has 200 valence electrons. The van der Waals surface area contributed by atoms with Gasteiger partial charge in [0, 0.05) is 29.8 Å². The molecule has 0 aliphatic carbocycles. The Labute approximate surface area is 227 Å². The van der Waals surface area contributed by atoms with Crippen molar-refractivity contribution < 1.29 is 19.2 Å². The molecule has 8 heteroatoms. The molecule has 3 aliphatic heterocycles. The number of likely N-dealkylation sites (tertiary alicyclic amines) is 1. The third-order valence-electron chi connectivity index (χ3n) is 7.98. The lowest BCUT2D eigenvalue weighted by atomic mass is 9.72. The Hall–Kier alpha value is -3.88. The van der Waals surface area contributed by atoms with E-state index in [1.165, 1.54) is 12.1 Å².